The maximum absolute atomic E-state index is 11.1. The van der Waals surface area contributed by atoms with Crippen molar-refractivity contribution in [3.63, 3.8) is 0 Å². The van der Waals surface area contributed by atoms with Crippen molar-refractivity contribution in [2.24, 2.45) is 0 Å². The largest absolute Gasteiger partial charge is 0.485 e. The molecule has 0 aliphatic heterocycles. The number of ether oxygens (including phenoxy) is 1. The monoisotopic (exact) mass is 385 g/mol. The van der Waals surface area contributed by atoms with Crippen LogP contribution in [-0.2, 0) is 6.61 Å². The number of rotatable bonds is 4. The zero-order valence-corrected chi connectivity index (χ0v) is 14.6. The molecule has 3 rings (SSSR count). The minimum atomic E-state index is -0.650. The van der Waals surface area contributed by atoms with Gasteiger partial charge in [-0.25, -0.2) is 4.98 Å². The van der Waals surface area contributed by atoms with Crippen LogP contribution in [0.3, 0.4) is 0 Å². The summed E-state index contributed by atoms with van der Waals surface area (Å²) in [6.45, 7) is 1.81. The van der Waals surface area contributed by atoms with Gasteiger partial charge in [0.25, 0.3) is 0 Å². The van der Waals surface area contributed by atoms with E-state index in [0.29, 0.717) is 17.0 Å². The predicted molar refractivity (Wildman–Crippen MR) is 92.4 cm³/mol. The lowest BCUT2D eigenvalue weighted by atomic mass is 10.2. The molecule has 0 atom stereocenters. The number of imidazole rings is 1. The Kier molecular flexibility index (Phi) is 4.54. The van der Waals surface area contributed by atoms with E-state index in [1.807, 2.05) is 23.7 Å². The number of halogens is 3. The van der Waals surface area contributed by atoms with Crippen LogP contribution in [0, 0.1) is 17.0 Å². The summed E-state index contributed by atoms with van der Waals surface area (Å²) in [7, 11) is 0. The molecule has 0 spiro atoms. The Morgan fingerprint density at radius 2 is 2.08 bits per heavy atom. The van der Waals surface area contributed by atoms with E-state index in [1.165, 1.54) is 6.07 Å². The van der Waals surface area contributed by atoms with Crippen LogP contribution in [0.2, 0.25) is 15.1 Å². The average molecular weight is 387 g/mol. The van der Waals surface area contributed by atoms with Crippen LogP contribution in [0.15, 0.2) is 30.6 Å². The van der Waals surface area contributed by atoms with Crippen molar-refractivity contribution in [3.8, 4) is 5.75 Å². The second-order valence-corrected chi connectivity index (χ2v) is 6.21. The van der Waals surface area contributed by atoms with Gasteiger partial charge in [-0.15, -0.1) is 0 Å². The zero-order valence-electron chi connectivity index (χ0n) is 12.3. The number of nitro groups is 1. The maximum Gasteiger partial charge on any atom is 0.306 e. The van der Waals surface area contributed by atoms with Crippen LogP contribution in [0.4, 0.5) is 5.69 Å². The number of hydrogen-bond acceptors (Lipinski definition) is 4. The van der Waals surface area contributed by atoms with Crippen molar-refractivity contribution in [2.75, 3.05) is 0 Å². The number of hydrogen-bond donors (Lipinski definition) is 0. The first-order valence-electron chi connectivity index (χ1n) is 6.76. The molecule has 2 heterocycles. The third-order valence-corrected chi connectivity index (χ3v) is 4.40. The molecule has 0 saturated carbocycles. The quantitative estimate of drug-likeness (QED) is 0.462. The SMILES string of the molecule is Cc1cn2cccc(OCc3c(Cl)cc(Cl)c([N+](=O)[O-])c3Cl)c2n1. The third-order valence-electron chi connectivity index (χ3n) is 3.36. The van der Waals surface area contributed by atoms with Gasteiger partial charge in [0.2, 0.25) is 0 Å². The normalized spacial score (nSPS) is 11.0. The first-order chi connectivity index (χ1) is 11.4. The van der Waals surface area contributed by atoms with Gasteiger partial charge < -0.3 is 9.14 Å². The predicted octanol–water partition coefficient (Wildman–Crippen LogP) is 5.09. The number of pyridine rings is 1. The summed E-state index contributed by atoms with van der Waals surface area (Å²) < 4.78 is 7.55. The minimum Gasteiger partial charge on any atom is -0.485 e. The number of aryl methyl sites for hydroxylation is 1. The van der Waals surface area contributed by atoms with Crippen molar-refractivity contribution in [3.05, 3.63) is 67.0 Å². The molecule has 0 N–H and O–H groups in total. The molecule has 1 aromatic carbocycles. The van der Waals surface area contributed by atoms with Gasteiger partial charge in [-0.2, -0.15) is 0 Å². The van der Waals surface area contributed by atoms with Crippen LogP contribution in [0.5, 0.6) is 5.75 Å². The van der Waals surface area contributed by atoms with E-state index in [2.05, 4.69) is 4.98 Å². The van der Waals surface area contributed by atoms with Gasteiger partial charge in [0.15, 0.2) is 11.4 Å². The highest BCUT2D eigenvalue weighted by molar-refractivity contribution is 6.41. The van der Waals surface area contributed by atoms with E-state index in [4.69, 9.17) is 39.5 Å². The molecule has 3 aromatic rings. The Labute approximate surface area is 151 Å². The molecule has 2 aromatic heterocycles. The van der Waals surface area contributed by atoms with Crippen molar-refractivity contribution in [1.29, 1.82) is 0 Å². The lowest BCUT2D eigenvalue weighted by Crippen LogP contribution is -2.02. The maximum atomic E-state index is 11.1. The first-order valence-corrected chi connectivity index (χ1v) is 7.89. The average Bonchev–Trinajstić information content (AvgIpc) is 2.87. The topological polar surface area (TPSA) is 69.7 Å². The van der Waals surface area contributed by atoms with Crippen LogP contribution in [0.1, 0.15) is 11.3 Å². The molecular weight excluding hydrogens is 377 g/mol. The summed E-state index contributed by atoms with van der Waals surface area (Å²) in [5.74, 6) is 0.510. The Hall–Kier alpha value is -2.02. The van der Waals surface area contributed by atoms with Crippen molar-refractivity contribution in [2.45, 2.75) is 13.5 Å². The number of nitrogens with zero attached hydrogens (tertiary/aromatic N) is 3. The molecule has 9 heteroatoms. The Morgan fingerprint density at radius 1 is 1.33 bits per heavy atom. The fourth-order valence-corrected chi connectivity index (χ4v) is 3.30. The summed E-state index contributed by atoms with van der Waals surface area (Å²) in [6.07, 6.45) is 3.70. The highest BCUT2D eigenvalue weighted by atomic mass is 35.5. The van der Waals surface area contributed by atoms with Gasteiger partial charge in [-0.1, -0.05) is 34.8 Å². The molecular formula is C15H10Cl3N3O3. The van der Waals surface area contributed by atoms with Gasteiger partial charge >= 0.3 is 5.69 Å². The minimum absolute atomic E-state index is 0.0543. The van der Waals surface area contributed by atoms with Gasteiger partial charge in [-0.3, -0.25) is 10.1 Å². The van der Waals surface area contributed by atoms with E-state index < -0.39 is 10.6 Å². The highest BCUT2D eigenvalue weighted by Gasteiger charge is 2.24. The van der Waals surface area contributed by atoms with E-state index in [0.717, 1.165) is 5.69 Å². The Bertz CT molecular complexity index is 956. The Balaban J connectivity index is 1.97. The summed E-state index contributed by atoms with van der Waals surface area (Å²) >= 11 is 18.0. The van der Waals surface area contributed by atoms with Gasteiger partial charge in [0.05, 0.1) is 15.6 Å². The summed E-state index contributed by atoms with van der Waals surface area (Å²) in [5, 5.41) is 11.0. The smallest absolute Gasteiger partial charge is 0.306 e. The molecule has 0 aliphatic rings. The van der Waals surface area contributed by atoms with E-state index >= 15 is 0 Å². The molecule has 0 saturated heterocycles. The summed E-state index contributed by atoms with van der Waals surface area (Å²) in [5.41, 5.74) is 1.37. The molecule has 0 unspecified atom stereocenters. The van der Waals surface area contributed by atoms with Crippen LogP contribution >= 0.6 is 34.8 Å². The number of fused-ring (bicyclic) bond motifs is 1. The standard InChI is InChI=1S/C15H10Cl3N3O3/c1-8-6-20-4-2-3-12(15(20)19-8)24-7-9-10(16)5-11(17)14(13(9)18)21(22)23/h2-6H,7H2,1H3. The first kappa shape index (κ1) is 16.8. The summed E-state index contributed by atoms with van der Waals surface area (Å²) in [6, 6.07) is 4.83. The fraction of sp³-hybridized carbons (Fsp3) is 0.133. The molecule has 0 bridgehead atoms. The van der Waals surface area contributed by atoms with Crippen molar-refractivity contribution >= 4 is 46.1 Å². The van der Waals surface area contributed by atoms with E-state index in [-0.39, 0.29) is 21.7 Å². The fourth-order valence-electron chi connectivity index (χ4n) is 2.29. The van der Waals surface area contributed by atoms with E-state index in [1.54, 1.807) is 12.1 Å². The lowest BCUT2D eigenvalue weighted by molar-refractivity contribution is -0.384. The molecule has 0 amide bonds. The van der Waals surface area contributed by atoms with Crippen molar-refractivity contribution < 1.29 is 9.66 Å². The molecule has 24 heavy (non-hydrogen) atoms. The highest BCUT2D eigenvalue weighted by Crippen LogP contribution is 2.39. The van der Waals surface area contributed by atoms with Gasteiger partial charge in [0.1, 0.15) is 16.7 Å². The van der Waals surface area contributed by atoms with Crippen molar-refractivity contribution in [1.82, 2.24) is 9.38 Å². The molecule has 0 fully saturated rings. The number of nitro benzene ring substituents is 1. The zero-order chi connectivity index (χ0) is 17.4. The molecule has 6 nitrogen and oxygen atoms in total. The number of aromatic nitrogens is 2. The summed E-state index contributed by atoms with van der Waals surface area (Å²) in [4.78, 5) is 14.8. The van der Waals surface area contributed by atoms with E-state index in [9.17, 15) is 10.1 Å². The second kappa shape index (κ2) is 6.47. The molecule has 0 aliphatic carbocycles. The number of benzene rings is 1. The van der Waals surface area contributed by atoms with Gasteiger partial charge in [-0.05, 0) is 25.1 Å². The Morgan fingerprint density at radius 3 is 2.79 bits per heavy atom. The van der Waals surface area contributed by atoms with Gasteiger partial charge in [0, 0.05) is 18.0 Å². The van der Waals surface area contributed by atoms with Crippen LogP contribution in [0.25, 0.3) is 5.65 Å². The molecule has 124 valence electrons. The van der Waals surface area contributed by atoms with Crippen LogP contribution in [-0.4, -0.2) is 14.3 Å². The lowest BCUT2D eigenvalue weighted by Gasteiger charge is -2.11. The second-order valence-electron chi connectivity index (χ2n) is 5.01. The molecule has 0 radical (unpaired) electrons. The third kappa shape index (κ3) is 3.00. The van der Waals surface area contributed by atoms with Crippen LogP contribution < -0.4 is 4.74 Å².